The molecule has 0 aliphatic rings. The van der Waals surface area contributed by atoms with E-state index in [9.17, 15) is 25.3 Å². The van der Waals surface area contributed by atoms with Gasteiger partial charge in [0.2, 0.25) is 5.75 Å². The second-order valence-corrected chi connectivity index (χ2v) is 6.50. The molecule has 0 aliphatic heterocycles. The van der Waals surface area contributed by atoms with Gasteiger partial charge in [0.05, 0.1) is 9.40 Å². The van der Waals surface area contributed by atoms with Crippen LogP contribution >= 0.6 is 15.9 Å². The molecule has 2 aromatic carbocycles. The minimum absolute atomic E-state index is 0.100. The molecule has 2 N–H and O–H groups in total. The number of aryl methyl sites for hydroxylation is 1. The Morgan fingerprint density at radius 3 is 2.67 bits per heavy atom. The summed E-state index contributed by atoms with van der Waals surface area (Å²) in [5, 5.41) is 32.5. The molecule has 0 fully saturated rings. The Morgan fingerprint density at radius 1 is 1.33 bits per heavy atom. The van der Waals surface area contributed by atoms with Crippen molar-refractivity contribution in [3.63, 3.8) is 0 Å². The molecule has 0 bridgehead atoms. The summed E-state index contributed by atoms with van der Waals surface area (Å²) in [5.74, 6) is -1.07. The number of phenols is 1. The van der Waals surface area contributed by atoms with Crippen LogP contribution in [-0.4, -0.2) is 22.5 Å². The summed E-state index contributed by atoms with van der Waals surface area (Å²) >= 11 is 3.02. The summed E-state index contributed by atoms with van der Waals surface area (Å²) in [6.45, 7) is 0.395. The van der Waals surface area contributed by atoms with E-state index in [2.05, 4.69) is 21.2 Å². The van der Waals surface area contributed by atoms with E-state index in [4.69, 9.17) is 0 Å². The lowest BCUT2D eigenvalue weighted by atomic mass is 10.1. The van der Waals surface area contributed by atoms with Gasteiger partial charge in [0.1, 0.15) is 11.6 Å². The van der Waals surface area contributed by atoms with E-state index in [1.807, 2.05) is 30.3 Å². The fourth-order valence-electron chi connectivity index (χ4n) is 2.38. The molecule has 8 heteroatoms. The van der Waals surface area contributed by atoms with Crippen LogP contribution in [0.4, 0.5) is 5.69 Å². The maximum absolute atomic E-state index is 12.2. The minimum atomic E-state index is -0.743. The average molecular weight is 430 g/mol. The molecular weight excluding hydrogens is 414 g/mol. The highest BCUT2D eigenvalue weighted by atomic mass is 79.9. The highest BCUT2D eigenvalue weighted by Gasteiger charge is 2.18. The molecule has 2 aromatic rings. The van der Waals surface area contributed by atoms with Gasteiger partial charge < -0.3 is 10.4 Å². The molecule has 0 atom stereocenters. The number of nitrogens with one attached hydrogen (secondary N) is 1. The number of hydrogen-bond acceptors (Lipinski definition) is 5. The van der Waals surface area contributed by atoms with Gasteiger partial charge in [0, 0.05) is 12.6 Å². The summed E-state index contributed by atoms with van der Waals surface area (Å²) in [6.07, 6.45) is 2.75. The SMILES string of the molecule is N#C/C(=C/c1cc(Br)c(O)c([N+](=O)[O-])c1)C(=O)NCCCc1ccccc1. The summed E-state index contributed by atoms with van der Waals surface area (Å²) in [5.41, 5.74) is 0.712. The number of carbonyl (C=O) groups is 1. The molecule has 138 valence electrons. The van der Waals surface area contributed by atoms with E-state index < -0.39 is 22.3 Å². The average Bonchev–Trinajstić information content (AvgIpc) is 2.66. The van der Waals surface area contributed by atoms with Crippen molar-refractivity contribution in [1.82, 2.24) is 5.32 Å². The third-order valence-electron chi connectivity index (χ3n) is 3.71. The monoisotopic (exact) mass is 429 g/mol. The predicted molar refractivity (Wildman–Crippen MR) is 104 cm³/mol. The van der Waals surface area contributed by atoms with Crippen molar-refractivity contribution >= 4 is 33.6 Å². The van der Waals surface area contributed by atoms with Gasteiger partial charge in [-0.15, -0.1) is 0 Å². The van der Waals surface area contributed by atoms with E-state index in [1.165, 1.54) is 12.1 Å². The molecule has 0 unspecified atom stereocenters. The second kappa shape index (κ2) is 9.50. The van der Waals surface area contributed by atoms with Crippen molar-refractivity contribution in [1.29, 1.82) is 5.26 Å². The number of carbonyl (C=O) groups excluding carboxylic acids is 1. The number of nitrogens with zero attached hydrogens (tertiary/aromatic N) is 2. The highest BCUT2D eigenvalue weighted by molar-refractivity contribution is 9.10. The summed E-state index contributed by atoms with van der Waals surface area (Å²) in [6, 6.07) is 14.1. The lowest BCUT2D eigenvalue weighted by Gasteiger charge is -2.05. The van der Waals surface area contributed by atoms with Gasteiger partial charge in [0.15, 0.2) is 0 Å². The number of phenolic OH excluding ortho intramolecular Hbond substituents is 1. The van der Waals surface area contributed by atoms with Crippen molar-refractivity contribution in [3.05, 3.63) is 73.8 Å². The third-order valence-corrected chi connectivity index (χ3v) is 4.31. The van der Waals surface area contributed by atoms with Gasteiger partial charge in [-0.1, -0.05) is 30.3 Å². The van der Waals surface area contributed by atoms with Crippen LogP contribution in [0, 0.1) is 21.4 Å². The van der Waals surface area contributed by atoms with Crippen molar-refractivity contribution in [2.45, 2.75) is 12.8 Å². The number of amides is 1. The zero-order valence-electron chi connectivity index (χ0n) is 14.2. The molecule has 1 amide bonds. The zero-order chi connectivity index (χ0) is 19.8. The largest absolute Gasteiger partial charge is 0.501 e. The Balaban J connectivity index is 2.04. The molecule has 0 radical (unpaired) electrons. The number of nitriles is 1. The molecule has 0 aliphatic carbocycles. The van der Waals surface area contributed by atoms with E-state index in [0.717, 1.165) is 18.1 Å². The number of nitro groups is 1. The number of rotatable bonds is 7. The first kappa shape index (κ1) is 20.1. The maximum Gasteiger partial charge on any atom is 0.312 e. The van der Waals surface area contributed by atoms with Crippen molar-refractivity contribution in [2.75, 3.05) is 6.54 Å². The molecule has 7 nitrogen and oxygen atoms in total. The summed E-state index contributed by atoms with van der Waals surface area (Å²) in [4.78, 5) is 22.4. The first-order chi connectivity index (χ1) is 12.9. The maximum atomic E-state index is 12.2. The normalized spacial score (nSPS) is 10.9. The van der Waals surface area contributed by atoms with Gasteiger partial charge in [-0.2, -0.15) is 5.26 Å². The molecule has 0 aromatic heterocycles. The van der Waals surface area contributed by atoms with Gasteiger partial charge in [-0.05, 0) is 52.0 Å². The molecule has 0 spiro atoms. The first-order valence-electron chi connectivity index (χ1n) is 8.03. The van der Waals surface area contributed by atoms with Gasteiger partial charge in [0.25, 0.3) is 5.91 Å². The minimum Gasteiger partial charge on any atom is -0.501 e. The van der Waals surface area contributed by atoms with Crippen LogP contribution in [0.5, 0.6) is 5.75 Å². The third kappa shape index (κ3) is 5.66. The smallest absolute Gasteiger partial charge is 0.312 e. The lowest BCUT2D eigenvalue weighted by Crippen LogP contribution is -2.25. The molecular formula is C19H16BrN3O4. The highest BCUT2D eigenvalue weighted by Crippen LogP contribution is 2.35. The standard InChI is InChI=1S/C19H16BrN3O4/c20-16-10-14(11-17(18(16)24)23(26)27)9-15(12-21)19(25)22-8-4-7-13-5-2-1-3-6-13/h1-3,5-6,9-11,24H,4,7-8H2,(H,22,25)/b15-9-. The Hall–Kier alpha value is -3.18. The lowest BCUT2D eigenvalue weighted by molar-refractivity contribution is -0.386. The summed E-state index contributed by atoms with van der Waals surface area (Å²) < 4.78 is 0.100. The van der Waals surface area contributed by atoms with E-state index in [0.29, 0.717) is 13.0 Å². The van der Waals surface area contributed by atoms with Gasteiger partial charge in [-0.25, -0.2) is 0 Å². The summed E-state index contributed by atoms with van der Waals surface area (Å²) in [7, 11) is 0. The molecule has 0 saturated carbocycles. The number of nitro benzene ring substituents is 1. The van der Waals surface area contributed by atoms with Crippen LogP contribution in [0.1, 0.15) is 17.5 Å². The topological polar surface area (TPSA) is 116 Å². The van der Waals surface area contributed by atoms with Crippen LogP contribution in [-0.2, 0) is 11.2 Å². The number of halogens is 1. The number of benzene rings is 2. The van der Waals surface area contributed by atoms with E-state index in [1.54, 1.807) is 6.07 Å². The van der Waals surface area contributed by atoms with Crippen molar-refractivity contribution in [2.24, 2.45) is 0 Å². The first-order valence-corrected chi connectivity index (χ1v) is 8.82. The van der Waals surface area contributed by atoms with Crippen molar-refractivity contribution < 1.29 is 14.8 Å². The second-order valence-electron chi connectivity index (χ2n) is 5.64. The van der Waals surface area contributed by atoms with Crippen LogP contribution in [0.3, 0.4) is 0 Å². The number of hydrogen-bond donors (Lipinski definition) is 2. The fourth-order valence-corrected chi connectivity index (χ4v) is 2.84. The van der Waals surface area contributed by atoms with Gasteiger partial charge >= 0.3 is 5.69 Å². The Labute approximate surface area is 164 Å². The molecule has 2 rings (SSSR count). The quantitative estimate of drug-likeness (QED) is 0.228. The predicted octanol–water partition coefficient (Wildman–Crippen LogP) is 3.72. The Morgan fingerprint density at radius 2 is 2.04 bits per heavy atom. The Kier molecular flexibility index (Phi) is 7.08. The molecule has 0 saturated heterocycles. The van der Waals surface area contributed by atoms with Crippen LogP contribution in [0.25, 0.3) is 6.08 Å². The van der Waals surface area contributed by atoms with E-state index >= 15 is 0 Å². The Bertz CT molecular complexity index is 921. The van der Waals surface area contributed by atoms with Crippen LogP contribution in [0.15, 0.2) is 52.5 Å². The zero-order valence-corrected chi connectivity index (χ0v) is 15.8. The van der Waals surface area contributed by atoms with Crippen LogP contribution < -0.4 is 5.32 Å². The number of aromatic hydroxyl groups is 1. The molecule has 0 heterocycles. The van der Waals surface area contributed by atoms with Gasteiger partial charge in [-0.3, -0.25) is 14.9 Å². The van der Waals surface area contributed by atoms with E-state index in [-0.39, 0.29) is 15.6 Å². The molecule has 27 heavy (non-hydrogen) atoms. The fraction of sp³-hybridized carbons (Fsp3) is 0.158. The van der Waals surface area contributed by atoms with Crippen LogP contribution in [0.2, 0.25) is 0 Å². The van der Waals surface area contributed by atoms with Crippen molar-refractivity contribution in [3.8, 4) is 11.8 Å².